The lowest BCUT2D eigenvalue weighted by atomic mass is 10.1. The predicted octanol–water partition coefficient (Wildman–Crippen LogP) is 1.55. The molecule has 5 nitrogen and oxygen atoms in total. The third-order valence-electron chi connectivity index (χ3n) is 3.13. The Kier molecular flexibility index (Phi) is 6.04. The van der Waals surface area contributed by atoms with E-state index in [1.54, 1.807) is 23.7 Å². The van der Waals surface area contributed by atoms with Crippen LogP contribution in [0.15, 0.2) is 29.2 Å². The third-order valence-corrected chi connectivity index (χ3v) is 4.78. The Morgan fingerprint density at radius 1 is 1.35 bits per heavy atom. The summed E-state index contributed by atoms with van der Waals surface area (Å²) in [6, 6.07) is 5.85. The zero-order valence-electron chi connectivity index (χ0n) is 11.9. The summed E-state index contributed by atoms with van der Waals surface area (Å²) >= 11 is 1.69. The highest BCUT2D eigenvalue weighted by molar-refractivity contribution is 7.98. The summed E-state index contributed by atoms with van der Waals surface area (Å²) in [5.41, 5.74) is 0.458. The lowest BCUT2D eigenvalue weighted by molar-refractivity contribution is 0.0743. The monoisotopic (exact) mass is 316 g/mol. The van der Waals surface area contributed by atoms with Crippen molar-refractivity contribution >= 4 is 27.7 Å². The summed E-state index contributed by atoms with van der Waals surface area (Å²) in [7, 11) is -1.96. The van der Waals surface area contributed by atoms with E-state index in [4.69, 9.17) is 5.14 Å². The van der Waals surface area contributed by atoms with Crippen LogP contribution < -0.4 is 5.14 Å². The van der Waals surface area contributed by atoms with Crippen molar-refractivity contribution in [2.24, 2.45) is 5.14 Å². The second-order valence-electron chi connectivity index (χ2n) is 4.50. The van der Waals surface area contributed by atoms with Crippen molar-refractivity contribution in [3.8, 4) is 0 Å². The standard InChI is InChI=1S/C13H20N2O3S2/c1-4-11(9-19-3)15(2)13(16)10-5-7-12(8-6-10)20(14,17)18/h5-8,11H,4,9H2,1-3H3,(H2,14,17,18)/t11-/m0/s1. The van der Waals surface area contributed by atoms with Crippen LogP contribution >= 0.6 is 11.8 Å². The van der Waals surface area contributed by atoms with Crippen LogP contribution in [0.4, 0.5) is 0 Å². The van der Waals surface area contributed by atoms with E-state index in [9.17, 15) is 13.2 Å². The fourth-order valence-corrected chi connectivity index (χ4v) is 3.21. The first kappa shape index (κ1) is 17.0. The molecule has 0 saturated heterocycles. The number of carbonyl (C=O) groups excluding carboxylic acids is 1. The van der Waals surface area contributed by atoms with Gasteiger partial charge in [-0.1, -0.05) is 6.92 Å². The van der Waals surface area contributed by atoms with E-state index >= 15 is 0 Å². The fourth-order valence-electron chi connectivity index (χ4n) is 1.85. The third kappa shape index (κ3) is 4.22. The SMILES string of the molecule is CC[C@@H](CSC)N(C)C(=O)c1ccc(S(N)(=O)=O)cc1. The van der Waals surface area contributed by atoms with Gasteiger partial charge in [-0.05, 0) is 36.9 Å². The average Bonchev–Trinajstić information content (AvgIpc) is 2.42. The van der Waals surface area contributed by atoms with E-state index in [0.717, 1.165) is 12.2 Å². The van der Waals surface area contributed by atoms with E-state index in [1.807, 2.05) is 13.2 Å². The van der Waals surface area contributed by atoms with Gasteiger partial charge in [0.25, 0.3) is 5.91 Å². The van der Waals surface area contributed by atoms with Crippen molar-refractivity contribution in [1.29, 1.82) is 0 Å². The topological polar surface area (TPSA) is 80.5 Å². The summed E-state index contributed by atoms with van der Waals surface area (Å²) in [6.45, 7) is 2.04. The van der Waals surface area contributed by atoms with E-state index in [2.05, 4.69) is 0 Å². The molecule has 0 aromatic heterocycles. The maximum atomic E-state index is 12.3. The molecular formula is C13H20N2O3S2. The molecule has 7 heteroatoms. The minimum atomic E-state index is -3.72. The number of hydrogen-bond donors (Lipinski definition) is 1. The predicted molar refractivity (Wildman–Crippen MR) is 82.4 cm³/mol. The van der Waals surface area contributed by atoms with Crippen LogP contribution in [0.1, 0.15) is 23.7 Å². The second-order valence-corrected chi connectivity index (χ2v) is 6.97. The number of nitrogens with zero attached hydrogens (tertiary/aromatic N) is 1. The lowest BCUT2D eigenvalue weighted by Gasteiger charge is -2.26. The van der Waals surface area contributed by atoms with Crippen LogP contribution in [0.2, 0.25) is 0 Å². The molecule has 0 fully saturated rings. The van der Waals surface area contributed by atoms with Gasteiger partial charge < -0.3 is 4.90 Å². The van der Waals surface area contributed by atoms with Crippen LogP contribution in [0.25, 0.3) is 0 Å². The van der Waals surface area contributed by atoms with Crippen molar-refractivity contribution in [3.63, 3.8) is 0 Å². The smallest absolute Gasteiger partial charge is 0.253 e. The normalized spacial score (nSPS) is 13.0. The molecule has 112 valence electrons. The Labute approximate surface area is 124 Å². The number of thioether (sulfide) groups is 1. The lowest BCUT2D eigenvalue weighted by Crippen LogP contribution is -2.38. The first-order chi connectivity index (χ1) is 9.31. The highest BCUT2D eigenvalue weighted by atomic mass is 32.2. The van der Waals surface area contributed by atoms with Gasteiger partial charge in [0.1, 0.15) is 0 Å². The highest BCUT2D eigenvalue weighted by Gasteiger charge is 2.19. The number of sulfonamides is 1. The molecule has 0 aliphatic rings. The zero-order valence-corrected chi connectivity index (χ0v) is 13.5. The van der Waals surface area contributed by atoms with Crippen molar-refractivity contribution in [2.75, 3.05) is 19.1 Å². The van der Waals surface area contributed by atoms with Gasteiger partial charge >= 0.3 is 0 Å². The summed E-state index contributed by atoms with van der Waals surface area (Å²) in [4.78, 5) is 14.0. The van der Waals surface area contributed by atoms with Crippen molar-refractivity contribution in [3.05, 3.63) is 29.8 Å². The molecular weight excluding hydrogens is 296 g/mol. The first-order valence-corrected chi connectivity index (χ1v) is 9.14. The van der Waals surface area contributed by atoms with Crippen molar-refractivity contribution < 1.29 is 13.2 Å². The van der Waals surface area contributed by atoms with E-state index < -0.39 is 10.0 Å². The Morgan fingerprint density at radius 2 is 1.90 bits per heavy atom. The summed E-state index contributed by atoms with van der Waals surface area (Å²) in [6.07, 6.45) is 2.88. The molecule has 1 aromatic rings. The summed E-state index contributed by atoms with van der Waals surface area (Å²) in [5, 5.41) is 5.03. The Hall–Kier alpha value is -1.05. The molecule has 0 saturated carbocycles. The quantitative estimate of drug-likeness (QED) is 0.863. The number of amides is 1. The number of hydrogen-bond acceptors (Lipinski definition) is 4. The minimum absolute atomic E-state index is 0.00728. The Morgan fingerprint density at radius 3 is 2.30 bits per heavy atom. The number of primary sulfonamides is 1. The minimum Gasteiger partial charge on any atom is -0.338 e. The van der Waals surface area contributed by atoms with Crippen LogP contribution in [0.5, 0.6) is 0 Å². The van der Waals surface area contributed by atoms with Crippen LogP contribution in [0.3, 0.4) is 0 Å². The fraction of sp³-hybridized carbons (Fsp3) is 0.462. The molecule has 1 amide bonds. The van der Waals surface area contributed by atoms with Gasteiger partial charge in [0.15, 0.2) is 0 Å². The maximum Gasteiger partial charge on any atom is 0.253 e. The second kappa shape index (κ2) is 7.10. The number of carbonyl (C=O) groups is 1. The molecule has 0 bridgehead atoms. The molecule has 0 heterocycles. The van der Waals surface area contributed by atoms with Gasteiger partial charge in [-0.3, -0.25) is 4.79 Å². The van der Waals surface area contributed by atoms with Crippen LogP contribution in [0, 0.1) is 0 Å². The summed E-state index contributed by atoms with van der Waals surface area (Å²) in [5.74, 6) is 0.750. The molecule has 0 unspecified atom stereocenters. The van der Waals surface area contributed by atoms with E-state index in [-0.39, 0.29) is 16.8 Å². The first-order valence-electron chi connectivity index (χ1n) is 6.20. The van der Waals surface area contributed by atoms with Crippen molar-refractivity contribution in [1.82, 2.24) is 4.90 Å². The van der Waals surface area contributed by atoms with Crippen LogP contribution in [-0.2, 0) is 10.0 Å². The van der Waals surface area contributed by atoms with Gasteiger partial charge in [0.2, 0.25) is 10.0 Å². The Bertz CT molecular complexity index is 555. The number of nitrogens with two attached hydrogens (primary N) is 1. The van der Waals surface area contributed by atoms with E-state index in [0.29, 0.717) is 5.56 Å². The van der Waals surface area contributed by atoms with Crippen molar-refractivity contribution in [2.45, 2.75) is 24.3 Å². The van der Waals surface area contributed by atoms with Gasteiger partial charge in [0, 0.05) is 24.4 Å². The van der Waals surface area contributed by atoms with Gasteiger partial charge in [-0.2, -0.15) is 11.8 Å². The molecule has 1 atom stereocenters. The molecule has 1 rings (SSSR count). The number of benzene rings is 1. The molecule has 0 aliphatic heterocycles. The molecule has 0 spiro atoms. The summed E-state index contributed by atoms with van der Waals surface area (Å²) < 4.78 is 22.3. The van der Waals surface area contributed by atoms with Gasteiger partial charge in [-0.15, -0.1) is 0 Å². The molecule has 20 heavy (non-hydrogen) atoms. The highest BCUT2D eigenvalue weighted by Crippen LogP contribution is 2.14. The average molecular weight is 316 g/mol. The van der Waals surface area contributed by atoms with Crippen LogP contribution in [-0.4, -0.2) is 44.3 Å². The Balaban J connectivity index is 2.92. The van der Waals surface area contributed by atoms with Gasteiger partial charge in [0.05, 0.1) is 4.90 Å². The zero-order chi connectivity index (χ0) is 15.3. The van der Waals surface area contributed by atoms with E-state index in [1.165, 1.54) is 24.3 Å². The number of rotatable bonds is 6. The molecule has 0 aliphatic carbocycles. The molecule has 0 radical (unpaired) electrons. The maximum absolute atomic E-state index is 12.3. The molecule has 2 N–H and O–H groups in total. The largest absolute Gasteiger partial charge is 0.338 e. The van der Waals surface area contributed by atoms with Gasteiger partial charge in [-0.25, -0.2) is 13.6 Å². The molecule has 1 aromatic carbocycles.